The summed E-state index contributed by atoms with van der Waals surface area (Å²) >= 11 is 0. The molecule has 0 amide bonds. The molecule has 0 heterocycles. The van der Waals surface area contributed by atoms with Crippen molar-refractivity contribution in [1.29, 1.82) is 0 Å². The molecule has 3 nitrogen and oxygen atoms in total. The molecule has 1 aliphatic carbocycles. The molecule has 0 aliphatic heterocycles. The molecule has 1 saturated carbocycles. The predicted molar refractivity (Wildman–Crippen MR) is 75.3 cm³/mol. The van der Waals surface area contributed by atoms with Crippen LogP contribution < -0.4 is 0 Å². The van der Waals surface area contributed by atoms with Crippen LogP contribution in [0.1, 0.15) is 31.2 Å². The molecule has 1 aromatic carbocycles. The van der Waals surface area contributed by atoms with Gasteiger partial charge in [0.1, 0.15) is 0 Å². The van der Waals surface area contributed by atoms with Crippen LogP contribution in [0.5, 0.6) is 0 Å². The van der Waals surface area contributed by atoms with Gasteiger partial charge in [-0.05, 0) is 18.4 Å². The van der Waals surface area contributed by atoms with Crippen molar-refractivity contribution in [3.63, 3.8) is 0 Å². The number of carboxylic acids is 1. The quantitative estimate of drug-likeness (QED) is 0.826. The molecule has 1 aliphatic rings. The summed E-state index contributed by atoms with van der Waals surface area (Å²) in [6.45, 7) is 0. The Morgan fingerprint density at radius 2 is 1.71 bits per heavy atom. The molecule has 0 aromatic heterocycles. The largest absolute Gasteiger partial charge is 0.479 e. The van der Waals surface area contributed by atoms with E-state index in [1.165, 1.54) is 0 Å². The fourth-order valence-corrected chi connectivity index (χ4v) is 2.57. The minimum absolute atomic E-state index is 0. The molecule has 94 valence electrons. The Bertz CT molecular complexity index is 374. The molecule has 0 saturated heterocycles. The van der Waals surface area contributed by atoms with Crippen LogP contribution in [0.3, 0.4) is 0 Å². The summed E-state index contributed by atoms with van der Waals surface area (Å²) in [6, 6.07) is 8.72. The van der Waals surface area contributed by atoms with Gasteiger partial charge in [-0.25, -0.2) is 4.79 Å². The molecule has 1 atom stereocenters. The average molecular weight is 348 g/mol. The van der Waals surface area contributed by atoms with Gasteiger partial charge in [-0.15, -0.1) is 24.0 Å². The van der Waals surface area contributed by atoms with Crippen LogP contribution in [-0.4, -0.2) is 16.2 Å². The van der Waals surface area contributed by atoms with Crippen molar-refractivity contribution in [1.82, 2.24) is 0 Å². The maximum atomic E-state index is 11.4. The molecule has 1 unspecified atom stereocenters. The van der Waals surface area contributed by atoms with E-state index in [1.54, 1.807) is 24.3 Å². The molecule has 0 radical (unpaired) electrons. The van der Waals surface area contributed by atoms with Crippen molar-refractivity contribution in [3.8, 4) is 0 Å². The molecule has 17 heavy (non-hydrogen) atoms. The maximum absolute atomic E-state index is 11.4. The third kappa shape index (κ3) is 2.63. The first-order chi connectivity index (χ1) is 7.65. The molecule has 2 rings (SSSR count). The SMILES string of the molecule is I.O=C(O)C(O)(c1ccccc1)C1CCCC1. The van der Waals surface area contributed by atoms with Crippen molar-refractivity contribution in [2.24, 2.45) is 5.92 Å². The lowest BCUT2D eigenvalue weighted by atomic mass is 9.80. The van der Waals surface area contributed by atoms with E-state index in [4.69, 9.17) is 0 Å². The highest BCUT2D eigenvalue weighted by Crippen LogP contribution is 2.40. The molecule has 4 heteroatoms. The zero-order valence-corrected chi connectivity index (χ0v) is 11.8. The highest BCUT2D eigenvalue weighted by molar-refractivity contribution is 14.0. The molecular formula is C13H17IO3. The van der Waals surface area contributed by atoms with Crippen LogP contribution in [0.2, 0.25) is 0 Å². The van der Waals surface area contributed by atoms with Gasteiger partial charge in [-0.1, -0.05) is 43.2 Å². The Morgan fingerprint density at radius 3 is 2.18 bits per heavy atom. The Balaban J connectivity index is 0.00000144. The van der Waals surface area contributed by atoms with Crippen LogP contribution >= 0.6 is 24.0 Å². The fraction of sp³-hybridized carbons (Fsp3) is 0.462. The summed E-state index contributed by atoms with van der Waals surface area (Å²) in [5.41, 5.74) is -1.22. The first-order valence-corrected chi connectivity index (χ1v) is 5.67. The first-order valence-electron chi connectivity index (χ1n) is 5.67. The monoisotopic (exact) mass is 348 g/mol. The van der Waals surface area contributed by atoms with Crippen LogP contribution in [0.25, 0.3) is 0 Å². The average Bonchev–Trinajstić information content (AvgIpc) is 2.82. The normalized spacial score (nSPS) is 19.4. The van der Waals surface area contributed by atoms with E-state index in [2.05, 4.69) is 0 Å². The summed E-state index contributed by atoms with van der Waals surface area (Å²) in [5, 5.41) is 19.8. The smallest absolute Gasteiger partial charge is 0.340 e. The molecule has 2 N–H and O–H groups in total. The van der Waals surface area contributed by atoms with E-state index in [0.29, 0.717) is 5.56 Å². The standard InChI is InChI=1S/C13H16O3.HI/c14-12(15)13(16,11-8-4-5-9-11)10-6-2-1-3-7-10;/h1-3,6-7,11,16H,4-5,8-9H2,(H,14,15);1H. The number of carbonyl (C=O) groups is 1. The Morgan fingerprint density at radius 1 is 1.18 bits per heavy atom. The molecule has 1 fully saturated rings. The topological polar surface area (TPSA) is 57.5 Å². The Hall–Kier alpha value is -0.620. The van der Waals surface area contributed by atoms with Gasteiger partial charge in [0.15, 0.2) is 5.60 Å². The molecule has 0 spiro atoms. The van der Waals surface area contributed by atoms with E-state index in [0.717, 1.165) is 25.7 Å². The Labute approximate surface area is 118 Å². The third-order valence-electron chi connectivity index (χ3n) is 3.49. The number of benzene rings is 1. The number of rotatable bonds is 3. The fourth-order valence-electron chi connectivity index (χ4n) is 2.57. The van der Waals surface area contributed by atoms with Crippen LogP contribution in [0.15, 0.2) is 30.3 Å². The number of halogens is 1. The predicted octanol–water partition coefficient (Wildman–Crippen LogP) is 2.77. The number of hydrogen-bond donors (Lipinski definition) is 2. The first kappa shape index (κ1) is 14.4. The number of hydrogen-bond acceptors (Lipinski definition) is 2. The number of carboxylic acid groups (broad SMARTS) is 1. The highest BCUT2D eigenvalue weighted by atomic mass is 127. The molecule has 0 bridgehead atoms. The zero-order valence-electron chi connectivity index (χ0n) is 9.50. The van der Waals surface area contributed by atoms with E-state index in [-0.39, 0.29) is 29.9 Å². The second kappa shape index (κ2) is 5.82. The lowest BCUT2D eigenvalue weighted by Gasteiger charge is -2.30. The number of aliphatic hydroxyl groups is 1. The number of aliphatic carboxylic acids is 1. The van der Waals surface area contributed by atoms with Gasteiger partial charge in [0.2, 0.25) is 0 Å². The highest BCUT2D eigenvalue weighted by Gasteiger charge is 2.46. The van der Waals surface area contributed by atoms with Gasteiger partial charge in [0, 0.05) is 5.92 Å². The minimum Gasteiger partial charge on any atom is -0.479 e. The summed E-state index contributed by atoms with van der Waals surface area (Å²) in [4.78, 5) is 11.4. The van der Waals surface area contributed by atoms with Crippen LogP contribution in [0, 0.1) is 5.92 Å². The third-order valence-corrected chi connectivity index (χ3v) is 3.49. The Kier molecular flexibility index (Phi) is 4.94. The van der Waals surface area contributed by atoms with Gasteiger partial charge >= 0.3 is 5.97 Å². The second-order valence-electron chi connectivity index (χ2n) is 4.42. The van der Waals surface area contributed by atoms with Crippen molar-refractivity contribution in [3.05, 3.63) is 35.9 Å². The summed E-state index contributed by atoms with van der Waals surface area (Å²) in [6.07, 6.45) is 3.59. The van der Waals surface area contributed by atoms with Gasteiger partial charge < -0.3 is 10.2 Å². The van der Waals surface area contributed by atoms with E-state index < -0.39 is 11.6 Å². The van der Waals surface area contributed by atoms with E-state index >= 15 is 0 Å². The second-order valence-corrected chi connectivity index (χ2v) is 4.42. The lowest BCUT2D eigenvalue weighted by molar-refractivity contribution is -0.166. The minimum atomic E-state index is -1.71. The lowest BCUT2D eigenvalue weighted by Crippen LogP contribution is -2.42. The van der Waals surface area contributed by atoms with Gasteiger partial charge in [0.25, 0.3) is 0 Å². The molecule has 1 aromatic rings. The van der Waals surface area contributed by atoms with Crippen molar-refractivity contribution in [2.75, 3.05) is 0 Å². The summed E-state index contributed by atoms with van der Waals surface area (Å²) in [7, 11) is 0. The van der Waals surface area contributed by atoms with Crippen molar-refractivity contribution < 1.29 is 15.0 Å². The summed E-state index contributed by atoms with van der Waals surface area (Å²) in [5.74, 6) is -1.29. The van der Waals surface area contributed by atoms with Crippen LogP contribution in [0.4, 0.5) is 0 Å². The van der Waals surface area contributed by atoms with Crippen molar-refractivity contribution in [2.45, 2.75) is 31.3 Å². The zero-order chi connectivity index (χ0) is 11.6. The van der Waals surface area contributed by atoms with Crippen molar-refractivity contribution >= 4 is 29.9 Å². The van der Waals surface area contributed by atoms with Gasteiger partial charge in [0.05, 0.1) is 0 Å². The van der Waals surface area contributed by atoms with Crippen LogP contribution in [-0.2, 0) is 10.4 Å². The maximum Gasteiger partial charge on any atom is 0.340 e. The van der Waals surface area contributed by atoms with Gasteiger partial charge in [-0.3, -0.25) is 0 Å². The van der Waals surface area contributed by atoms with E-state index in [1.807, 2.05) is 6.07 Å². The van der Waals surface area contributed by atoms with E-state index in [9.17, 15) is 15.0 Å². The summed E-state index contributed by atoms with van der Waals surface area (Å²) < 4.78 is 0. The molecular weight excluding hydrogens is 331 g/mol. The van der Waals surface area contributed by atoms with Gasteiger partial charge in [-0.2, -0.15) is 0 Å².